The van der Waals surface area contributed by atoms with E-state index in [1.54, 1.807) is 0 Å². The molecule has 112 valence electrons. The zero-order valence-electron chi connectivity index (χ0n) is 13.0. The lowest BCUT2D eigenvalue weighted by Crippen LogP contribution is -2.28. The molecule has 1 aromatic carbocycles. The lowest BCUT2D eigenvalue weighted by atomic mass is 9.78. The highest BCUT2D eigenvalue weighted by atomic mass is 15.6. The molecule has 0 saturated heterocycles. The van der Waals surface area contributed by atoms with E-state index in [1.165, 1.54) is 12.8 Å². The molecule has 3 rings (SSSR count). The monoisotopic (exact) mass is 285 g/mol. The van der Waals surface area contributed by atoms with Gasteiger partial charge in [0.25, 0.3) is 0 Å². The molecule has 5 heteroatoms. The number of tetrazole rings is 1. The predicted molar refractivity (Wildman–Crippen MR) is 83.6 cm³/mol. The largest absolute Gasteiger partial charge is 0.398 e. The molecule has 3 atom stereocenters. The van der Waals surface area contributed by atoms with Gasteiger partial charge in [0, 0.05) is 11.3 Å². The van der Waals surface area contributed by atoms with Gasteiger partial charge < -0.3 is 5.73 Å². The number of rotatable bonds is 2. The van der Waals surface area contributed by atoms with Crippen LogP contribution in [0.4, 0.5) is 5.69 Å². The first kappa shape index (κ1) is 14.0. The lowest BCUT2D eigenvalue weighted by Gasteiger charge is -2.34. The second-order valence-corrected chi connectivity index (χ2v) is 6.32. The molecule has 1 heterocycles. The van der Waals surface area contributed by atoms with Crippen LogP contribution in [0.2, 0.25) is 0 Å². The van der Waals surface area contributed by atoms with Crippen LogP contribution in [0.5, 0.6) is 0 Å². The SMILES string of the molecule is Cc1cccc(-c2nnnn2C2CCCC(C)C2C)c1N. The summed E-state index contributed by atoms with van der Waals surface area (Å²) >= 11 is 0. The van der Waals surface area contributed by atoms with Gasteiger partial charge in [-0.2, -0.15) is 0 Å². The normalized spacial score (nSPS) is 26.0. The Morgan fingerprint density at radius 2 is 2.05 bits per heavy atom. The number of aryl methyl sites for hydroxylation is 1. The Kier molecular flexibility index (Phi) is 3.66. The van der Waals surface area contributed by atoms with Gasteiger partial charge in [0.1, 0.15) is 0 Å². The lowest BCUT2D eigenvalue weighted by molar-refractivity contribution is 0.174. The van der Waals surface area contributed by atoms with Gasteiger partial charge in [-0.25, -0.2) is 4.68 Å². The van der Waals surface area contributed by atoms with Gasteiger partial charge in [-0.15, -0.1) is 5.10 Å². The van der Waals surface area contributed by atoms with Gasteiger partial charge in [-0.05, 0) is 47.2 Å². The minimum absolute atomic E-state index is 0.360. The van der Waals surface area contributed by atoms with Gasteiger partial charge in [-0.3, -0.25) is 0 Å². The molecule has 0 radical (unpaired) electrons. The number of hydrogen-bond acceptors (Lipinski definition) is 4. The van der Waals surface area contributed by atoms with Gasteiger partial charge in [-0.1, -0.05) is 38.8 Å². The number of nitrogen functional groups attached to an aromatic ring is 1. The number of hydrogen-bond donors (Lipinski definition) is 1. The summed E-state index contributed by atoms with van der Waals surface area (Å²) in [4.78, 5) is 0. The molecular formula is C16H23N5. The third-order valence-corrected chi connectivity index (χ3v) is 5.04. The highest BCUT2D eigenvalue weighted by Gasteiger charge is 2.31. The summed E-state index contributed by atoms with van der Waals surface area (Å²) in [7, 11) is 0. The third kappa shape index (κ3) is 2.41. The van der Waals surface area contributed by atoms with Crippen LogP contribution < -0.4 is 5.73 Å². The Balaban J connectivity index is 2.03. The van der Waals surface area contributed by atoms with Crippen LogP contribution >= 0.6 is 0 Å². The van der Waals surface area contributed by atoms with Crippen LogP contribution in [-0.2, 0) is 0 Å². The third-order valence-electron chi connectivity index (χ3n) is 5.04. The topological polar surface area (TPSA) is 69.6 Å². The van der Waals surface area contributed by atoms with Crippen LogP contribution in [0, 0.1) is 18.8 Å². The summed E-state index contributed by atoms with van der Waals surface area (Å²) in [6.07, 6.45) is 3.66. The molecule has 21 heavy (non-hydrogen) atoms. The van der Waals surface area contributed by atoms with Gasteiger partial charge >= 0.3 is 0 Å². The van der Waals surface area contributed by atoms with Crippen molar-refractivity contribution in [3.8, 4) is 11.4 Å². The van der Waals surface area contributed by atoms with Gasteiger partial charge in [0.2, 0.25) is 0 Å². The molecule has 1 aromatic heterocycles. The summed E-state index contributed by atoms with van der Waals surface area (Å²) in [5.74, 6) is 2.07. The molecule has 2 N–H and O–H groups in total. The first-order chi connectivity index (χ1) is 10.1. The molecule has 5 nitrogen and oxygen atoms in total. The maximum atomic E-state index is 6.23. The quantitative estimate of drug-likeness (QED) is 0.860. The summed E-state index contributed by atoms with van der Waals surface area (Å²) in [5.41, 5.74) is 8.99. The van der Waals surface area contributed by atoms with Crippen molar-refractivity contribution in [2.45, 2.75) is 46.1 Å². The van der Waals surface area contributed by atoms with Crippen LogP contribution in [0.1, 0.15) is 44.7 Å². The summed E-state index contributed by atoms with van der Waals surface area (Å²) in [6.45, 7) is 6.64. The van der Waals surface area contributed by atoms with Crippen molar-refractivity contribution in [1.82, 2.24) is 20.2 Å². The van der Waals surface area contributed by atoms with E-state index in [4.69, 9.17) is 5.73 Å². The molecule has 1 aliphatic rings. The molecule has 1 saturated carbocycles. The Hall–Kier alpha value is -1.91. The van der Waals surface area contributed by atoms with Crippen molar-refractivity contribution in [2.75, 3.05) is 5.73 Å². The van der Waals surface area contributed by atoms with E-state index in [0.29, 0.717) is 17.9 Å². The number of benzene rings is 1. The maximum absolute atomic E-state index is 6.23. The van der Waals surface area contributed by atoms with E-state index in [-0.39, 0.29) is 0 Å². The Labute approximate surface area is 125 Å². The fourth-order valence-electron chi connectivity index (χ4n) is 3.37. The second-order valence-electron chi connectivity index (χ2n) is 6.32. The average molecular weight is 285 g/mol. The molecule has 1 aliphatic carbocycles. The van der Waals surface area contributed by atoms with Crippen molar-refractivity contribution in [3.63, 3.8) is 0 Å². The number of aromatic nitrogens is 4. The maximum Gasteiger partial charge on any atom is 0.184 e. The highest BCUT2D eigenvalue weighted by molar-refractivity contribution is 5.74. The average Bonchev–Trinajstić information content (AvgIpc) is 2.94. The fourth-order valence-corrected chi connectivity index (χ4v) is 3.37. The smallest absolute Gasteiger partial charge is 0.184 e. The summed E-state index contributed by atoms with van der Waals surface area (Å²) < 4.78 is 1.99. The molecular weight excluding hydrogens is 262 g/mol. The van der Waals surface area contributed by atoms with E-state index in [9.17, 15) is 0 Å². The van der Waals surface area contributed by atoms with Crippen molar-refractivity contribution in [1.29, 1.82) is 0 Å². The molecule has 2 aromatic rings. The Morgan fingerprint density at radius 3 is 2.86 bits per heavy atom. The molecule has 1 fully saturated rings. The predicted octanol–water partition coefficient (Wildman–Crippen LogP) is 3.23. The van der Waals surface area contributed by atoms with E-state index in [2.05, 4.69) is 29.4 Å². The standard InChI is InChI=1S/C16H23N5/c1-10-6-5-9-14(12(10)3)21-16(18-19-20-21)13-8-4-7-11(2)15(13)17/h4,7-8,10,12,14H,5-6,9,17H2,1-3H3. The van der Waals surface area contributed by atoms with Crippen molar-refractivity contribution in [3.05, 3.63) is 23.8 Å². The molecule has 0 aliphatic heterocycles. The van der Waals surface area contributed by atoms with E-state index in [1.807, 2.05) is 29.8 Å². The van der Waals surface area contributed by atoms with Crippen LogP contribution in [-0.4, -0.2) is 20.2 Å². The molecule has 0 bridgehead atoms. The summed E-state index contributed by atoms with van der Waals surface area (Å²) in [6, 6.07) is 6.38. The van der Waals surface area contributed by atoms with E-state index >= 15 is 0 Å². The first-order valence-corrected chi connectivity index (χ1v) is 7.73. The minimum atomic E-state index is 0.360. The van der Waals surface area contributed by atoms with Gasteiger partial charge in [0.05, 0.1) is 6.04 Å². The molecule has 0 amide bonds. The Bertz CT molecular complexity index is 633. The number of nitrogens with two attached hydrogens (primary N) is 1. The van der Waals surface area contributed by atoms with Crippen LogP contribution in [0.3, 0.4) is 0 Å². The number of para-hydroxylation sites is 1. The number of anilines is 1. The highest BCUT2D eigenvalue weighted by Crippen LogP contribution is 2.39. The van der Waals surface area contributed by atoms with Crippen molar-refractivity contribution >= 4 is 5.69 Å². The van der Waals surface area contributed by atoms with Crippen molar-refractivity contribution in [2.24, 2.45) is 11.8 Å². The van der Waals surface area contributed by atoms with E-state index in [0.717, 1.165) is 29.1 Å². The zero-order valence-corrected chi connectivity index (χ0v) is 13.0. The van der Waals surface area contributed by atoms with Crippen LogP contribution in [0.15, 0.2) is 18.2 Å². The molecule has 0 spiro atoms. The van der Waals surface area contributed by atoms with E-state index < -0.39 is 0 Å². The Morgan fingerprint density at radius 1 is 1.24 bits per heavy atom. The number of nitrogens with zero attached hydrogens (tertiary/aromatic N) is 4. The zero-order chi connectivity index (χ0) is 15.0. The van der Waals surface area contributed by atoms with Crippen LogP contribution in [0.25, 0.3) is 11.4 Å². The second kappa shape index (κ2) is 5.47. The first-order valence-electron chi connectivity index (χ1n) is 7.73. The molecule has 3 unspecified atom stereocenters. The van der Waals surface area contributed by atoms with Crippen molar-refractivity contribution < 1.29 is 0 Å². The summed E-state index contributed by atoms with van der Waals surface area (Å²) in [5, 5.41) is 12.4. The minimum Gasteiger partial charge on any atom is -0.398 e. The van der Waals surface area contributed by atoms with Gasteiger partial charge in [0.15, 0.2) is 5.82 Å². The fraction of sp³-hybridized carbons (Fsp3) is 0.562.